The number of amidine groups is 1. The molecule has 0 aliphatic carbocycles. The summed E-state index contributed by atoms with van der Waals surface area (Å²) < 4.78 is 7.67. The zero-order valence-corrected chi connectivity index (χ0v) is 18.8. The van der Waals surface area contributed by atoms with Crippen molar-refractivity contribution in [3.63, 3.8) is 0 Å². The van der Waals surface area contributed by atoms with Gasteiger partial charge < -0.3 is 19.0 Å². The normalized spacial score (nSPS) is 19.3. The van der Waals surface area contributed by atoms with Gasteiger partial charge in [-0.05, 0) is 61.6 Å². The molecule has 164 valence electrons. The van der Waals surface area contributed by atoms with E-state index in [0.717, 1.165) is 47.9 Å². The van der Waals surface area contributed by atoms with Crippen molar-refractivity contribution in [3.05, 3.63) is 82.9 Å². The molecule has 3 heterocycles. The van der Waals surface area contributed by atoms with Crippen LogP contribution in [0.2, 0.25) is 0 Å². The molecule has 0 saturated carbocycles. The van der Waals surface area contributed by atoms with E-state index in [-0.39, 0.29) is 6.04 Å². The van der Waals surface area contributed by atoms with Gasteiger partial charge in [-0.2, -0.15) is 0 Å². The van der Waals surface area contributed by atoms with Crippen LogP contribution in [-0.2, 0) is 4.84 Å². The average molecular weight is 429 g/mol. The summed E-state index contributed by atoms with van der Waals surface area (Å²) >= 11 is 0. The topological polar surface area (TPSA) is 51.9 Å². The fourth-order valence-corrected chi connectivity index (χ4v) is 4.47. The Kier molecular flexibility index (Phi) is 5.43. The van der Waals surface area contributed by atoms with Crippen LogP contribution in [0.3, 0.4) is 0 Å². The molecule has 0 unspecified atom stereocenters. The monoisotopic (exact) mass is 428 g/mol. The highest BCUT2D eigenvalue weighted by Crippen LogP contribution is 2.33. The first-order chi connectivity index (χ1) is 15.6. The van der Waals surface area contributed by atoms with Gasteiger partial charge in [0.1, 0.15) is 12.4 Å². The minimum Gasteiger partial charge on any atom is -0.495 e. The lowest BCUT2D eigenvalue weighted by Crippen LogP contribution is -2.44. The molecule has 1 atom stereocenters. The standard InChI is InChI=1S/C26H28N4O2/c1-18-6-9-21(10-7-18)24-16-32-28-26-22(5-4-12-30(24)26)13-20-8-11-23(25(14-20)31-3)29-15-19(2)27-17-29/h6-11,13-15,17,24H,4-5,12,16H2,1-3H3/b22-13+/t24-/m0/s1. The molecule has 3 aromatic rings. The number of nitrogens with zero attached hydrogens (tertiary/aromatic N) is 4. The fraction of sp³-hybridized carbons (Fsp3) is 0.308. The van der Waals surface area contributed by atoms with Crippen molar-refractivity contribution in [1.29, 1.82) is 0 Å². The van der Waals surface area contributed by atoms with Crippen LogP contribution in [0.4, 0.5) is 0 Å². The van der Waals surface area contributed by atoms with Crippen LogP contribution in [0.5, 0.6) is 5.75 Å². The lowest BCUT2D eigenvalue weighted by atomic mass is 9.95. The molecule has 2 aliphatic heterocycles. The van der Waals surface area contributed by atoms with Gasteiger partial charge in [-0.25, -0.2) is 4.98 Å². The zero-order chi connectivity index (χ0) is 22.1. The van der Waals surface area contributed by atoms with Crippen molar-refractivity contribution in [2.75, 3.05) is 20.3 Å². The fourth-order valence-electron chi connectivity index (χ4n) is 4.47. The Morgan fingerprint density at radius 1 is 1.12 bits per heavy atom. The van der Waals surface area contributed by atoms with Gasteiger partial charge in [0.15, 0.2) is 5.84 Å². The maximum Gasteiger partial charge on any atom is 0.172 e. The van der Waals surface area contributed by atoms with Gasteiger partial charge in [0, 0.05) is 12.7 Å². The van der Waals surface area contributed by atoms with Gasteiger partial charge >= 0.3 is 0 Å². The largest absolute Gasteiger partial charge is 0.495 e. The molecular weight excluding hydrogens is 400 g/mol. The first-order valence-electron chi connectivity index (χ1n) is 11.1. The number of ether oxygens (including phenoxy) is 1. The third-order valence-electron chi connectivity index (χ3n) is 6.16. The maximum atomic E-state index is 5.70. The number of fused-ring (bicyclic) bond motifs is 1. The van der Waals surface area contributed by atoms with E-state index in [9.17, 15) is 0 Å². The van der Waals surface area contributed by atoms with Crippen molar-refractivity contribution in [2.24, 2.45) is 5.16 Å². The van der Waals surface area contributed by atoms with E-state index in [1.807, 2.05) is 24.0 Å². The first kappa shape index (κ1) is 20.4. The predicted molar refractivity (Wildman–Crippen MR) is 126 cm³/mol. The number of benzene rings is 2. The second-order valence-electron chi connectivity index (χ2n) is 8.46. The van der Waals surface area contributed by atoms with Crippen molar-refractivity contribution < 1.29 is 9.57 Å². The Balaban J connectivity index is 1.45. The van der Waals surface area contributed by atoms with Crippen LogP contribution < -0.4 is 4.74 Å². The molecule has 0 radical (unpaired) electrons. The number of methoxy groups -OCH3 is 1. The average Bonchev–Trinajstić information content (AvgIpc) is 3.25. The summed E-state index contributed by atoms with van der Waals surface area (Å²) in [6.07, 6.45) is 8.08. The molecule has 0 bridgehead atoms. The molecule has 0 N–H and O–H groups in total. The number of oxime groups is 1. The van der Waals surface area contributed by atoms with Crippen LogP contribution in [0.15, 0.2) is 65.7 Å². The summed E-state index contributed by atoms with van der Waals surface area (Å²) in [4.78, 5) is 12.4. The molecule has 2 aliphatic rings. The number of imidazole rings is 1. The third kappa shape index (κ3) is 3.88. The predicted octanol–water partition coefficient (Wildman–Crippen LogP) is 5.06. The van der Waals surface area contributed by atoms with Gasteiger partial charge in [-0.15, -0.1) is 0 Å². The summed E-state index contributed by atoms with van der Waals surface area (Å²) in [6, 6.07) is 15.2. The second-order valence-corrected chi connectivity index (χ2v) is 8.46. The first-order valence-corrected chi connectivity index (χ1v) is 11.1. The smallest absolute Gasteiger partial charge is 0.172 e. The lowest BCUT2D eigenvalue weighted by molar-refractivity contribution is 0.0575. The van der Waals surface area contributed by atoms with Gasteiger partial charge in [0.05, 0.1) is 30.9 Å². The molecule has 1 fully saturated rings. The third-order valence-corrected chi connectivity index (χ3v) is 6.16. The quantitative estimate of drug-likeness (QED) is 0.583. The van der Waals surface area contributed by atoms with E-state index >= 15 is 0 Å². The van der Waals surface area contributed by atoms with Crippen LogP contribution >= 0.6 is 0 Å². The number of hydrogen-bond donors (Lipinski definition) is 0. The zero-order valence-electron chi connectivity index (χ0n) is 18.8. The summed E-state index contributed by atoms with van der Waals surface area (Å²) in [5.41, 5.74) is 6.76. The van der Waals surface area contributed by atoms with E-state index in [2.05, 4.69) is 70.5 Å². The summed E-state index contributed by atoms with van der Waals surface area (Å²) in [5.74, 6) is 1.75. The summed E-state index contributed by atoms with van der Waals surface area (Å²) in [5, 5.41) is 4.46. The molecule has 6 heteroatoms. The molecule has 5 rings (SSSR count). The number of aromatic nitrogens is 2. The number of aryl methyl sites for hydroxylation is 2. The molecule has 2 aromatic carbocycles. The van der Waals surface area contributed by atoms with Crippen LogP contribution in [-0.4, -0.2) is 40.5 Å². The molecule has 1 saturated heterocycles. The molecule has 1 aromatic heterocycles. The highest BCUT2D eigenvalue weighted by Gasteiger charge is 2.32. The number of piperidine rings is 1. The van der Waals surface area contributed by atoms with Gasteiger partial charge in [-0.3, -0.25) is 0 Å². The van der Waals surface area contributed by atoms with Crippen LogP contribution in [0.25, 0.3) is 11.8 Å². The van der Waals surface area contributed by atoms with Crippen molar-refractivity contribution in [1.82, 2.24) is 14.5 Å². The van der Waals surface area contributed by atoms with Crippen molar-refractivity contribution >= 4 is 11.9 Å². The van der Waals surface area contributed by atoms with Gasteiger partial charge in [0.2, 0.25) is 0 Å². The highest BCUT2D eigenvalue weighted by atomic mass is 16.6. The highest BCUT2D eigenvalue weighted by molar-refractivity contribution is 6.03. The Hall–Kier alpha value is -3.54. The van der Waals surface area contributed by atoms with E-state index in [1.165, 1.54) is 16.7 Å². The second kappa shape index (κ2) is 8.54. The van der Waals surface area contributed by atoms with Crippen LogP contribution in [0.1, 0.15) is 41.3 Å². The lowest BCUT2D eigenvalue weighted by Gasteiger charge is -2.40. The van der Waals surface area contributed by atoms with Gasteiger partial charge in [0.25, 0.3) is 0 Å². The van der Waals surface area contributed by atoms with E-state index in [4.69, 9.17) is 9.57 Å². The number of rotatable bonds is 4. The molecular formula is C26H28N4O2. The molecule has 6 nitrogen and oxygen atoms in total. The van der Waals surface area contributed by atoms with Crippen molar-refractivity contribution in [3.8, 4) is 11.4 Å². The Morgan fingerprint density at radius 2 is 1.97 bits per heavy atom. The van der Waals surface area contributed by atoms with Gasteiger partial charge in [-0.1, -0.05) is 41.1 Å². The summed E-state index contributed by atoms with van der Waals surface area (Å²) in [6.45, 7) is 5.66. The van der Waals surface area contributed by atoms with E-state index < -0.39 is 0 Å². The molecule has 0 spiro atoms. The van der Waals surface area contributed by atoms with Crippen molar-refractivity contribution in [2.45, 2.75) is 32.7 Å². The minimum absolute atomic E-state index is 0.188. The maximum absolute atomic E-state index is 5.70. The summed E-state index contributed by atoms with van der Waals surface area (Å²) in [7, 11) is 1.70. The molecule has 32 heavy (non-hydrogen) atoms. The minimum atomic E-state index is 0.188. The Labute approximate surface area is 188 Å². The Bertz CT molecular complexity index is 1180. The molecule has 0 amide bonds. The Morgan fingerprint density at radius 3 is 2.72 bits per heavy atom. The van der Waals surface area contributed by atoms with Crippen LogP contribution in [0, 0.1) is 13.8 Å². The van der Waals surface area contributed by atoms with E-state index in [1.54, 1.807) is 7.11 Å². The van der Waals surface area contributed by atoms with E-state index in [0.29, 0.717) is 6.61 Å². The SMILES string of the molecule is COc1cc(/C=C2\CCCN3C2=NOC[C@H]3c2ccc(C)cc2)ccc1-n1cnc(C)c1. The number of hydrogen-bond acceptors (Lipinski definition) is 5.